The molecule has 1 aliphatic heterocycles. The number of pyridine rings is 1. The molecular weight excluding hydrogens is 376 g/mol. The lowest BCUT2D eigenvalue weighted by Gasteiger charge is -2.29. The Labute approximate surface area is 175 Å². The molecule has 0 unspecified atom stereocenters. The van der Waals surface area contributed by atoms with E-state index in [1.807, 2.05) is 12.1 Å². The van der Waals surface area contributed by atoms with Gasteiger partial charge in [-0.25, -0.2) is 4.98 Å². The van der Waals surface area contributed by atoms with E-state index in [2.05, 4.69) is 36.1 Å². The van der Waals surface area contributed by atoms with Crippen LogP contribution in [-0.4, -0.2) is 23.0 Å². The maximum absolute atomic E-state index is 10.9. The minimum absolute atomic E-state index is 0.00721. The summed E-state index contributed by atoms with van der Waals surface area (Å²) in [6.45, 7) is 3.95. The van der Waals surface area contributed by atoms with Crippen LogP contribution in [0.5, 0.6) is 0 Å². The molecule has 6 nitrogen and oxygen atoms in total. The molecular formula is C24H22N4O2. The number of piperidine rings is 1. The first-order valence-electron chi connectivity index (χ1n) is 10.1. The van der Waals surface area contributed by atoms with Crippen molar-refractivity contribution in [2.45, 2.75) is 26.2 Å². The van der Waals surface area contributed by atoms with E-state index in [-0.39, 0.29) is 5.69 Å². The Kier molecular flexibility index (Phi) is 5.44. The van der Waals surface area contributed by atoms with Crippen molar-refractivity contribution < 1.29 is 4.92 Å². The molecule has 2 heterocycles. The Morgan fingerprint density at radius 2 is 1.87 bits per heavy atom. The van der Waals surface area contributed by atoms with Gasteiger partial charge in [0.1, 0.15) is 5.82 Å². The van der Waals surface area contributed by atoms with Crippen molar-refractivity contribution in [1.29, 1.82) is 5.26 Å². The van der Waals surface area contributed by atoms with Crippen molar-refractivity contribution in [3.8, 4) is 6.07 Å². The van der Waals surface area contributed by atoms with Gasteiger partial charge in [-0.3, -0.25) is 10.1 Å². The van der Waals surface area contributed by atoms with Crippen molar-refractivity contribution in [3.63, 3.8) is 0 Å². The molecule has 30 heavy (non-hydrogen) atoms. The number of aryl methyl sites for hydroxylation is 1. The molecule has 4 rings (SSSR count). The average molecular weight is 398 g/mol. The van der Waals surface area contributed by atoms with Crippen LogP contribution in [0.4, 0.5) is 11.5 Å². The van der Waals surface area contributed by atoms with Crippen LogP contribution in [0.1, 0.15) is 36.0 Å². The number of hydrogen-bond acceptors (Lipinski definition) is 5. The van der Waals surface area contributed by atoms with Crippen molar-refractivity contribution in [3.05, 3.63) is 75.3 Å². The van der Waals surface area contributed by atoms with Gasteiger partial charge >= 0.3 is 0 Å². The predicted octanol–water partition coefficient (Wildman–Crippen LogP) is 5.51. The van der Waals surface area contributed by atoms with Gasteiger partial charge in [-0.2, -0.15) is 5.26 Å². The topological polar surface area (TPSA) is 83.1 Å². The number of anilines is 1. The second-order valence-corrected chi connectivity index (χ2v) is 7.62. The predicted molar refractivity (Wildman–Crippen MR) is 119 cm³/mol. The second-order valence-electron chi connectivity index (χ2n) is 7.62. The summed E-state index contributed by atoms with van der Waals surface area (Å²) in [7, 11) is 0. The molecule has 0 N–H and O–H groups in total. The van der Waals surface area contributed by atoms with Crippen LogP contribution in [-0.2, 0) is 0 Å². The van der Waals surface area contributed by atoms with Crippen molar-refractivity contribution in [2.75, 3.05) is 18.0 Å². The van der Waals surface area contributed by atoms with E-state index >= 15 is 0 Å². The number of nitrogens with zero attached hydrogens (tertiary/aromatic N) is 4. The number of benzene rings is 2. The van der Waals surface area contributed by atoms with Gasteiger partial charge in [0, 0.05) is 36.2 Å². The minimum atomic E-state index is -0.441. The molecule has 1 aromatic heterocycles. The van der Waals surface area contributed by atoms with E-state index in [0.29, 0.717) is 11.1 Å². The maximum Gasteiger partial charge on any atom is 0.269 e. The Morgan fingerprint density at radius 1 is 1.13 bits per heavy atom. The molecule has 0 aliphatic carbocycles. The lowest BCUT2D eigenvalue weighted by atomic mass is 10.0. The van der Waals surface area contributed by atoms with E-state index in [1.54, 1.807) is 12.1 Å². The first-order valence-corrected chi connectivity index (χ1v) is 10.1. The SMILES string of the molecule is Cc1ccc2cc(C=C(C#N)c3ccc([N+](=O)[O-])cc3)c(N3CCCCC3)nc2c1. The first-order chi connectivity index (χ1) is 14.5. The van der Waals surface area contributed by atoms with Gasteiger partial charge in [-0.05, 0) is 67.7 Å². The molecule has 1 aliphatic rings. The smallest absolute Gasteiger partial charge is 0.269 e. The summed E-state index contributed by atoms with van der Waals surface area (Å²) in [4.78, 5) is 17.7. The zero-order chi connectivity index (χ0) is 21.1. The monoisotopic (exact) mass is 398 g/mol. The highest BCUT2D eigenvalue weighted by molar-refractivity contribution is 5.94. The molecule has 1 saturated heterocycles. The lowest BCUT2D eigenvalue weighted by Crippen LogP contribution is -2.30. The Balaban J connectivity index is 1.83. The largest absolute Gasteiger partial charge is 0.356 e. The molecule has 0 atom stereocenters. The molecule has 3 aromatic rings. The fraction of sp³-hybridized carbons (Fsp3) is 0.250. The number of nitro benzene ring substituents is 1. The third-order valence-electron chi connectivity index (χ3n) is 5.45. The molecule has 6 heteroatoms. The van der Waals surface area contributed by atoms with E-state index in [9.17, 15) is 15.4 Å². The van der Waals surface area contributed by atoms with E-state index in [1.165, 1.54) is 18.6 Å². The normalized spacial score (nSPS) is 14.5. The number of nitro groups is 1. The summed E-state index contributed by atoms with van der Waals surface area (Å²) < 4.78 is 0. The van der Waals surface area contributed by atoms with Crippen LogP contribution in [0.3, 0.4) is 0 Å². The third-order valence-corrected chi connectivity index (χ3v) is 5.45. The molecule has 0 saturated carbocycles. The number of allylic oxidation sites excluding steroid dienone is 1. The molecule has 0 bridgehead atoms. The van der Waals surface area contributed by atoms with Crippen molar-refractivity contribution in [1.82, 2.24) is 4.98 Å². The number of non-ortho nitro benzene ring substituents is 1. The number of nitriles is 1. The number of hydrogen-bond donors (Lipinski definition) is 0. The summed E-state index contributed by atoms with van der Waals surface area (Å²) in [6, 6.07) is 16.6. The van der Waals surface area contributed by atoms with Crippen LogP contribution < -0.4 is 4.90 Å². The molecule has 150 valence electrons. The van der Waals surface area contributed by atoms with Crippen LogP contribution >= 0.6 is 0 Å². The van der Waals surface area contributed by atoms with Crippen LogP contribution in [0, 0.1) is 28.4 Å². The van der Waals surface area contributed by atoms with Gasteiger partial charge in [0.2, 0.25) is 0 Å². The van der Waals surface area contributed by atoms with Gasteiger partial charge in [0.15, 0.2) is 0 Å². The molecule has 2 aromatic carbocycles. The summed E-state index contributed by atoms with van der Waals surface area (Å²) in [5.41, 5.74) is 4.11. The van der Waals surface area contributed by atoms with Crippen molar-refractivity contribution in [2.24, 2.45) is 0 Å². The minimum Gasteiger partial charge on any atom is -0.356 e. The standard InChI is InChI=1S/C24H22N4O2/c1-17-5-6-19-14-20(24(26-23(19)13-17)27-11-3-2-4-12-27)15-21(16-25)18-7-9-22(10-8-18)28(29)30/h5-10,13-15H,2-4,11-12H2,1H3. The highest BCUT2D eigenvalue weighted by atomic mass is 16.6. The fourth-order valence-electron chi connectivity index (χ4n) is 3.85. The summed E-state index contributed by atoms with van der Waals surface area (Å²) in [6.07, 6.45) is 5.33. The zero-order valence-corrected chi connectivity index (χ0v) is 16.8. The molecule has 0 radical (unpaired) electrons. The van der Waals surface area contributed by atoms with Gasteiger partial charge in [0.25, 0.3) is 5.69 Å². The van der Waals surface area contributed by atoms with E-state index in [0.717, 1.165) is 53.8 Å². The second kappa shape index (κ2) is 8.34. The van der Waals surface area contributed by atoms with E-state index < -0.39 is 4.92 Å². The highest BCUT2D eigenvalue weighted by Crippen LogP contribution is 2.30. The lowest BCUT2D eigenvalue weighted by molar-refractivity contribution is -0.384. The fourth-order valence-corrected chi connectivity index (χ4v) is 3.85. The molecule has 1 fully saturated rings. The van der Waals surface area contributed by atoms with Crippen molar-refractivity contribution >= 4 is 34.1 Å². The Morgan fingerprint density at radius 3 is 2.53 bits per heavy atom. The first kappa shape index (κ1) is 19.6. The maximum atomic E-state index is 10.9. The molecule has 0 spiro atoms. The summed E-state index contributed by atoms with van der Waals surface area (Å²) in [5, 5.41) is 21.7. The van der Waals surface area contributed by atoms with E-state index in [4.69, 9.17) is 4.98 Å². The van der Waals surface area contributed by atoms with Crippen LogP contribution in [0.2, 0.25) is 0 Å². The van der Waals surface area contributed by atoms with Gasteiger partial charge in [-0.15, -0.1) is 0 Å². The average Bonchev–Trinajstić information content (AvgIpc) is 2.77. The zero-order valence-electron chi connectivity index (χ0n) is 16.8. The summed E-state index contributed by atoms with van der Waals surface area (Å²) in [5.74, 6) is 0.891. The number of fused-ring (bicyclic) bond motifs is 1. The van der Waals surface area contributed by atoms with Gasteiger partial charge in [-0.1, -0.05) is 12.1 Å². The summed E-state index contributed by atoms with van der Waals surface area (Å²) >= 11 is 0. The van der Waals surface area contributed by atoms with Gasteiger partial charge in [0.05, 0.1) is 22.1 Å². The highest BCUT2D eigenvalue weighted by Gasteiger charge is 2.17. The quantitative estimate of drug-likeness (QED) is 0.329. The number of rotatable bonds is 4. The third kappa shape index (κ3) is 4.01. The van der Waals surface area contributed by atoms with Crippen LogP contribution in [0.15, 0.2) is 48.5 Å². The Bertz CT molecular complexity index is 1170. The van der Waals surface area contributed by atoms with Gasteiger partial charge < -0.3 is 4.90 Å². The number of aromatic nitrogens is 1. The molecule has 0 amide bonds. The van der Waals surface area contributed by atoms with Crippen LogP contribution in [0.25, 0.3) is 22.6 Å². The Hall–Kier alpha value is -3.72.